The van der Waals surface area contributed by atoms with Crippen LogP contribution in [0.2, 0.25) is 10.0 Å². The van der Waals surface area contributed by atoms with E-state index in [4.69, 9.17) is 46.9 Å². The fraction of sp³-hybridized carbons (Fsp3) is 0.595. The van der Waals surface area contributed by atoms with Crippen LogP contribution in [-0.2, 0) is 41.3 Å². The Morgan fingerprint density at radius 1 is 0.720 bits per heavy atom. The third-order valence-electron chi connectivity index (χ3n) is 7.86. The Hall–Kier alpha value is -3.09. The molecule has 2 aromatic rings. The van der Waals surface area contributed by atoms with Crippen LogP contribution in [0.1, 0.15) is 66.5 Å². The van der Waals surface area contributed by atoms with Crippen LogP contribution in [-0.4, -0.2) is 108 Å². The summed E-state index contributed by atoms with van der Waals surface area (Å²) in [5.41, 5.74) is -0.159. The first kappa shape index (κ1) is 41.3. The molecule has 0 aliphatic carbocycles. The maximum atomic E-state index is 12.7. The predicted octanol–water partition coefficient (Wildman–Crippen LogP) is 6.72. The fourth-order valence-electron chi connectivity index (χ4n) is 5.31. The van der Waals surface area contributed by atoms with E-state index in [1.165, 1.54) is 7.11 Å². The molecule has 278 valence electrons. The number of esters is 1. The quantitative estimate of drug-likeness (QED) is 0.254. The molecule has 13 heteroatoms. The molecule has 2 aliphatic heterocycles. The van der Waals surface area contributed by atoms with Crippen LogP contribution in [0.5, 0.6) is 0 Å². The van der Waals surface area contributed by atoms with Crippen molar-refractivity contribution in [2.75, 3.05) is 33.4 Å². The van der Waals surface area contributed by atoms with E-state index in [-0.39, 0.29) is 37.9 Å². The standard InChI is InChI=1S/C19H28ClNO4.C18H24ClNO5/c1-18(2,3)25-17(22)21-11-16(19(4,5)23)24-12-15(21)10-13-6-8-14(20)9-7-13;1-18(2,3)25-17(22)20-10-15(16(21)23-4)24-11-14(20)9-12-5-7-13(19)8-6-12/h6-9,15-16,23H,10-12H2,1-5H3;5-8,14-15H,9-11H2,1-4H3/t15-,16+;14-,15+/m00/s1. The number of carbonyl (C=O) groups is 3. The first-order chi connectivity index (χ1) is 23.1. The van der Waals surface area contributed by atoms with Crippen molar-refractivity contribution in [3.05, 3.63) is 69.7 Å². The number of aliphatic hydroxyl groups is 1. The molecule has 2 saturated heterocycles. The van der Waals surface area contributed by atoms with Gasteiger partial charge < -0.3 is 28.8 Å². The second-order valence-corrected chi connectivity index (χ2v) is 15.9. The van der Waals surface area contributed by atoms with Gasteiger partial charge in [0.05, 0.1) is 51.1 Å². The van der Waals surface area contributed by atoms with E-state index in [0.29, 0.717) is 29.5 Å². The summed E-state index contributed by atoms with van der Waals surface area (Å²) in [5, 5.41) is 11.6. The molecule has 2 amide bonds. The number of hydrogen-bond donors (Lipinski definition) is 1. The number of nitrogens with zero attached hydrogens (tertiary/aromatic N) is 2. The van der Waals surface area contributed by atoms with Gasteiger partial charge in [-0.3, -0.25) is 9.80 Å². The molecular weight excluding hydrogens is 687 g/mol. The average molecular weight is 740 g/mol. The van der Waals surface area contributed by atoms with Crippen molar-refractivity contribution in [2.24, 2.45) is 0 Å². The Bertz CT molecular complexity index is 1420. The van der Waals surface area contributed by atoms with Crippen molar-refractivity contribution in [3.8, 4) is 0 Å². The summed E-state index contributed by atoms with van der Waals surface area (Å²) < 4.78 is 27.2. The maximum absolute atomic E-state index is 12.7. The Morgan fingerprint density at radius 2 is 1.12 bits per heavy atom. The van der Waals surface area contributed by atoms with Gasteiger partial charge in [-0.2, -0.15) is 0 Å². The van der Waals surface area contributed by atoms with Crippen molar-refractivity contribution >= 4 is 41.4 Å². The molecular formula is C37H52Cl2N2O9. The zero-order valence-corrected chi connectivity index (χ0v) is 32.0. The second-order valence-electron chi connectivity index (χ2n) is 15.1. The smallest absolute Gasteiger partial charge is 0.410 e. The zero-order chi connectivity index (χ0) is 37.4. The van der Waals surface area contributed by atoms with Crippen LogP contribution in [0.25, 0.3) is 0 Å². The van der Waals surface area contributed by atoms with Crippen LogP contribution < -0.4 is 0 Å². The molecule has 2 aliphatic rings. The van der Waals surface area contributed by atoms with Crippen LogP contribution >= 0.6 is 23.2 Å². The molecule has 11 nitrogen and oxygen atoms in total. The number of amides is 2. The summed E-state index contributed by atoms with van der Waals surface area (Å²) in [6.07, 6.45) is -0.910. The molecule has 0 radical (unpaired) electrons. The minimum Gasteiger partial charge on any atom is -0.467 e. The number of rotatable bonds is 6. The van der Waals surface area contributed by atoms with Gasteiger partial charge in [-0.25, -0.2) is 14.4 Å². The van der Waals surface area contributed by atoms with Crippen LogP contribution in [0.4, 0.5) is 9.59 Å². The lowest BCUT2D eigenvalue weighted by atomic mass is 9.97. The first-order valence-electron chi connectivity index (χ1n) is 16.7. The highest BCUT2D eigenvalue weighted by atomic mass is 35.5. The van der Waals surface area contributed by atoms with Crippen LogP contribution in [0.15, 0.2) is 48.5 Å². The molecule has 0 bridgehead atoms. The van der Waals surface area contributed by atoms with Gasteiger partial charge in [0.2, 0.25) is 0 Å². The Morgan fingerprint density at radius 3 is 1.50 bits per heavy atom. The molecule has 4 rings (SSSR count). The normalized spacial score (nSPS) is 21.4. The lowest BCUT2D eigenvalue weighted by Gasteiger charge is -2.43. The van der Waals surface area contributed by atoms with Crippen LogP contribution in [0.3, 0.4) is 0 Å². The Kier molecular flexibility index (Phi) is 14.4. The molecule has 50 heavy (non-hydrogen) atoms. The summed E-state index contributed by atoms with van der Waals surface area (Å²) in [6, 6.07) is 14.6. The maximum Gasteiger partial charge on any atom is 0.410 e. The lowest BCUT2D eigenvalue weighted by Crippen LogP contribution is -2.59. The van der Waals surface area contributed by atoms with E-state index in [9.17, 15) is 19.5 Å². The Balaban J connectivity index is 0.000000270. The highest BCUT2D eigenvalue weighted by Crippen LogP contribution is 2.26. The topological polar surface area (TPSA) is 124 Å². The molecule has 2 fully saturated rings. The van der Waals surface area contributed by atoms with E-state index in [1.54, 1.807) is 56.6 Å². The predicted molar refractivity (Wildman–Crippen MR) is 192 cm³/mol. The van der Waals surface area contributed by atoms with E-state index in [1.807, 2.05) is 57.2 Å². The highest BCUT2D eigenvalue weighted by Gasteiger charge is 2.41. The number of methoxy groups -OCH3 is 1. The zero-order valence-electron chi connectivity index (χ0n) is 30.5. The third-order valence-corrected chi connectivity index (χ3v) is 8.37. The number of carbonyl (C=O) groups excluding carboxylic acids is 3. The minimum atomic E-state index is -1.04. The summed E-state index contributed by atoms with van der Waals surface area (Å²) in [6.45, 7) is 15.3. The van der Waals surface area contributed by atoms with Gasteiger partial charge in [-0.15, -0.1) is 0 Å². The van der Waals surface area contributed by atoms with Gasteiger partial charge in [0.1, 0.15) is 17.3 Å². The number of morpholine rings is 2. The third kappa shape index (κ3) is 13.2. The molecule has 4 atom stereocenters. The minimum absolute atomic E-state index is 0.0971. The van der Waals surface area contributed by atoms with Gasteiger partial charge in [0.15, 0.2) is 6.10 Å². The second kappa shape index (κ2) is 17.4. The Labute approximate surface area is 306 Å². The van der Waals surface area contributed by atoms with E-state index in [0.717, 1.165) is 11.1 Å². The van der Waals surface area contributed by atoms with Crippen molar-refractivity contribution in [2.45, 2.75) is 109 Å². The van der Waals surface area contributed by atoms with Gasteiger partial charge in [-0.05, 0) is 104 Å². The van der Waals surface area contributed by atoms with Crippen LogP contribution in [0, 0.1) is 0 Å². The molecule has 2 heterocycles. The summed E-state index contributed by atoms with van der Waals surface area (Å²) in [4.78, 5) is 40.3. The average Bonchev–Trinajstić information content (AvgIpc) is 3.01. The number of halogens is 2. The van der Waals surface area contributed by atoms with Gasteiger partial charge in [0.25, 0.3) is 0 Å². The fourth-order valence-corrected chi connectivity index (χ4v) is 5.56. The lowest BCUT2D eigenvalue weighted by molar-refractivity contribution is -0.162. The van der Waals surface area contributed by atoms with Crippen molar-refractivity contribution in [1.82, 2.24) is 9.80 Å². The molecule has 1 N–H and O–H groups in total. The number of benzene rings is 2. The van der Waals surface area contributed by atoms with E-state index >= 15 is 0 Å². The van der Waals surface area contributed by atoms with Gasteiger partial charge in [0, 0.05) is 10.0 Å². The summed E-state index contributed by atoms with van der Waals surface area (Å²) in [5.74, 6) is -0.501. The first-order valence-corrected chi connectivity index (χ1v) is 17.4. The molecule has 0 saturated carbocycles. The molecule has 0 aromatic heterocycles. The van der Waals surface area contributed by atoms with E-state index < -0.39 is 41.1 Å². The highest BCUT2D eigenvalue weighted by molar-refractivity contribution is 6.30. The van der Waals surface area contributed by atoms with Gasteiger partial charge in [-0.1, -0.05) is 47.5 Å². The number of ether oxygens (including phenoxy) is 5. The summed E-state index contributed by atoms with van der Waals surface area (Å²) >= 11 is 11.9. The van der Waals surface area contributed by atoms with Crippen molar-refractivity contribution in [1.29, 1.82) is 0 Å². The largest absolute Gasteiger partial charge is 0.467 e. The number of hydrogen-bond acceptors (Lipinski definition) is 9. The summed E-state index contributed by atoms with van der Waals surface area (Å²) in [7, 11) is 1.29. The molecule has 0 spiro atoms. The monoisotopic (exact) mass is 738 g/mol. The van der Waals surface area contributed by atoms with E-state index in [2.05, 4.69) is 0 Å². The van der Waals surface area contributed by atoms with Crippen molar-refractivity contribution < 1.29 is 43.2 Å². The van der Waals surface area contributed by atoms with Crippen molar-refractivity contribution in [3.63, 3.8) is 0 Å². The van der Waals surface area contributed by atoms with Gasteiger partial charge >= 0.3 is 18.2 Å². The molecule has 0 unspecified atom stereocenters. The SMILES string of the molecule is CC(C)(C)OC(=O)N1C[C@H](C(C)(C)O)OC[C@@H]1Cc1ccc(Cl)cc1.COC(=O)[C@H]1CN(C(=O)OC(C)(C)C)[C@@H](Cc2ccc(Cl)cc2)CO1. The molecule has 2 aromatic carbocycles.